The number of carbonyl (C=O) groups excluding carboxylic acids is 2. The van der Waals surface area contributed by atoms with Gasteiger partial charge in [-0.1, -0.05) is 6.07 Å². The number of benzene rings is 2. The number of anilines is 2. The second-order valence-electron chi connectivity index (χ2n) is 5.93. The zero-order chi connectivity index (χ0) is 18.1. The minimum absolute atomic E-state index is 0.0113. The van der Waals surface area contributed by atoms with Gasteiger partial charge in [-0.05, 0) is 43.2 Å². The lowest BCUT2D eigenvalue weighted by Crippen LogP contribution is -2.25. The van der Waals surface area contributed by atoms with Gasteiger partial charge in [-0.2, -0.15) is 0 Å². The first-order valence-corrected chi connectivity index (χ1v) is 7.85. The van der Waals surface area contributed by atoms with Crippen molar-refractivity contribution in [2.75, 3.05) is 16.8 Å². The summed E-state index contributed by atoms with van der Waals surface area (Å²) in [6, 6.07) is 9.79. The van der Waals surface area contributed by atoms with Crippen molar-refractivity contribution >= 4 is 28.9 Å². The Morgan fingerprint density at radius 1 is 1.24 bits per heavy atom. The van der Waals surface area contributed by atoms with Crippen molar-refractivity contribution in [3.05, 3.63) is 63.2 Å². The van der Waals surface area contributed by atoms with E-state index in [0.29, 0.717) is 17.8 Å². The van der Waals surface area contributed by atoms with E-state index < -0.39 is 10.8 Å². The molecule has 0 unspecified atom stereocenters. The van der Waals surface area contributed by atoms with E-state index in [-0.39, 0.29) is 17.2 Å². The van der Waals surface area contributed by atoms with Crippen LogP contribution in [0.25, 0.3) is 0 Å². The number of rotatable bonds is 3. The highest BCUT2D eigenvalue weighted by atomic mass is 16.6. The van der Waals surface area contributed by atoms with Gasteiger partial charge in [0.2, 0.25) is 5.91 Å². The minimum atomic E-state index is -0.502. The summed E-state index contributed by atoms with van der Waals surface area (Å²) < 4.78 is 0. The van der Waals surface area contributed by atoms with Crippen LogP contribution in [0.2, 0.25) is 0 Å². The summed E-state index contributed by atoms with van der Waals surface area (Å²) >= 11 is 0. The Morgan fingerprint density at radius 3 is 2.68 bits per heavy atom. The maximum absolute atomic E-state index is 12.5. The molecule has 0 radical (unpaired) electrons. The van der Waals surface area contributed by atoms with Crippen LogP contribution in [-0.2, 0) is 11.2 Å². The molecular formula is C18H17N3O4. The molecular weight excluding hydrogens is 322 g/mol. The van der Waals surface area contributed by atoms with Gasteiger partial charge in [0.25, 0.3) is 11.6 Å². The summed E-state index contributed by atoms with van der Waals surface area (Å²) in [5.74, 6) is -0.412. The molecule has 3 rings (SSSR count). The molecule has 0 bridgehead atoms. The maximum Gasteiger partial charge on any atom is 0.273 e. The lowest BCUT2D eigenvalue weighted by molar-refractivity contribution is -0.385. The van der Waals surface area contributed by atoms with Crippen LogP contribution in [0.1, 0.15) is 28.4 Å². The first-order valence-electron chi connectivity index (χ1n) is 7.85. The van der Waals surface area contributed by atoms with E-state index in [1.807, 2.05) is 6.07 Å². The number of fused-ring (bicyclic) bond motifs is 1. The van der Waals surface area contributed by atoms with Crippen molar-refractivity contribution in [1.82, 2.24) is 0 Å². The van der Waals surface area contributed by atoms with Gasteiger partial charge >= 0.3 is 0 Å². The van der Waals surface area contributed by atoms with Crippen LogP contribution < -0.4 is 10.2 Å². The lowest BCUT2D eigenvalue weighted by atomic mass is 10.1. The Morgan fingerprint density at radius 2 is 2.00 bits per heavy atom. The molecule has 128 valence electrons. The summed E-state index contributed by atoms with van der Waals surface area (Å²) in [4.78, 5) is 36.3. The fourth-order valence-corrected chi connectivity index (χ4v) is 3.07. The first kappa shape index (κ1) is 16.6. The minimum Gasteiger partial charge on any atom is -0.322 e. The number of nitrogens with one attached hydrogen (secondary N) is 1. The monoisotopic (exact) mass is 339 g/mol. The van der Waals surface area contributed by atoms with Gasteiger partial charge in [0, 0.05) is 42.0 Å². The fourth-order valence-electron chi connectivity index (χ4n) is 3.07. The predicted octanol–water partition coefficient (Wildman–Crippen LogP) is 3.06. The summed E-state index contributed by atoms with van der Waals surface area (Å²) in [5, 5.41) is 13.8. The third kappa shape index (κ3) is 3.08. The Kier molecular flexibility index (Phi) is 4.22. The van der Waals surface area contributed by atoms with Gasteiger partial charge in [-0.15, -0.1) is 0 Å². The zero-order valence-electron chi connectivity index (χ0n) is 13.9. The topological polar surface area (TPSA) is 92.6 Å². The van der Waals surface area contributed by atoms with Crippen molar-refractivity contribution < 1.29 is 14.5 Å². The number of amides is 2. The molecule has 0 aromatic heterocycles. The highest BCUT2D eigenvalue weighted by molar-refractivity contribution is 6.06. The zero-order valence-corrected chi connectivity index (χ0v) is 13.9. The molecule has 7 nitrogen and oxygen atoms in total. The molecule has 2 aromatic rings. The SMILES string of the molecule is CC(=O)N1CCc2cc(NC(=O)c3cccc([N+](=O)[O-])c3C)ccc21. The molecule has 7 heteroatoms. The van der Waals surface area contributed by atoms with Gasteiger partial charge in [0.05, 0.1) is 4.92 Å². The number of nitrogens with zero attached hydrogens (tertiary/aromatic N) is 2. The Hall–Kier alpha value is -3.22. The molecule has 2 aromatic carbocycles. The molecule has 0 spiro atoms. The van der Waals surface area contributed by atoms with Gasteiger partial charge in [-0.25, -0.2) is 0 Å². The molecule has 2 amide bonds. The standard InChI is InChI=1S/C18H17N3O4/c1-11-15(4-3-5-16(11)21(24)25)18(23)19-14-6-7-17-13(10-14)8-9-20(17)12(2)22/h3-7,10H,8-9H2,1-2H3,(H,19,23). The first-order chi connectivity index (χ1) is 11.9. The van der Waals surface area contributed by atoms with E-state index in [0.717, 1.165) is 17.7 Å². The molecule has 0 fully saturated rings. The van der Waals surface area contributed by atoms with Crippen LogP contribution in [-0.4, -0.2) is 23.3 Å². The summed E-state index contributed by atoms with van der Waals surface area (Å²) in [7, 11) is 0. The van der Waals surface area contributed by atoms with Crippen molar-refractivity contribution in [3.63, 3.8) is 0 Å². The van der Waals surface area contributed by atoms with Gasteiger partial charge in [0.15, 0.2) is 0 Å². The van der Waals surface area contributed by atoms with Crippen LogP contribution >= 0.6 is 0 Å². The Balaban J connectivity index is 1.84. The fraction of sp³-hybridized carbons (Fsp3) is 0.222. The van der Waals surface area contributed by atoms with Crippen LogP contribution in [0.5, 0.6) is 0 Å². The highest BCUT2D eigenvalue weighted by Gasteiger charge is 2.23. The van der Waals surface area contributed by atoms with E-state index in [9.17, 15) is 19.7 Å². The van der Waals surface area contributed by atoms with E-state index in [2.05, 4.69) is 5.32 Å². The predicted molar refractivity (Wildman–Crippen MR) is 94.0 cm³/mol. The van der Waals surface area contributed by atoms with Crippen molar-refractivity contribution in [2.45, 2.75) is 20.3 Å². The molecule has 25 heavy (non-hydrogen) atoms. The molecule has 1 heterocycles. The Labute approximate surface area is 144 Å². The summed E-state index contributed by atoms with van der Waals surface area (Å²) in [6.07, 6.45) is 0.731. The van der Waals surface area contributed by atoms with Crippen LogP contribution in [0.15, 0.2) is 36.4 Å². The van der Waals surface area contributed by atoms with Gasteiger partial charge in [-0.3, -0.25) is 19.7 Å². The largest absolute Gasteiger partial charge is 0.322 e. The number of carbonyl (C=O) groups is 2. The third-order valence-electron chi connectivity index (χ3n) is 4.36. The number of nitro benzene ring substituents is 1. The maximum atomic E-state index is 12.5. The lowest BCUT2D eigenvalue weighted by Gasteiger charge is -2.15. The van der Waals surface area contributed by atoms with Crippen molar-refractivity contribution in [2.24, 2.45) is 0 Å². The van der Waals surface area contributed by atoms with Crippen molar-refractivity contribution in [3.8, 4) is 0 Å². The molecule has 1 N–H and O–H groups in total. The van der Waals surface area contributed by atoms with E-state index in [1.165, 1.54) is 19.1 Å². The molecule has 0 aliphatic carbocycles. The molecule has 1 aliphatic heterocycles. The molecule has 0 saturated heterocycles. The average molecular weight is 339 g/mol. The normalized spacial score (nSPS) is 12.6. The van der Waals surface area contributed by atoms with E-state index in [4.69, 9.17) is 0 Å². The summed E-state index contributed by atoms with van der Waals surface area (Å²) in [5.41, 5.74) is 2.95. The molecule has 0 atom stereocenters. The van der Waals surface area contributed by atoms with Gasteiger partial charge in [0.1, 0.15) is 0 Å². The number of hydrogen-bond acceptors (Lipinski definition) is 4. The quantitative estimate of drug-likeness (QED) is 0.687. The van der Waals surface area contributed by atoms with Crippen LogP contribution in [0.3, 0.4) is 0 Å². The van der Waals surface area contributed by atoms with Crippen LogP contribution in [0, 0.1) is 17.0 Å². The van der Waals surface area contributed by atoms with E-state index >= 15 is 0 Å². The van der Waals surface area contributed by atoms with E-state index in [1.54, 1.807) is 30.0 Å². The second-order valence-corrected chi connectivity index (χ2v) is 5.93. The van der Waals surface area contributed by atoms with Crippen LogP contribution in [0.4, 0.5) is 17.1 Å². The third-order valence-corrected chi connectivity index (χ3v) is 4.36. The second kappa shape index (κ2) is 6.35. The molecule has 1 aliphatic rings. The highest BCUT2D eigenvalue weighted by Crippen LogP contribution is 2.31. The summed E-state index contributed by atoms with van der Waals surface area (Å²) in [6.45, 7) is 3.71. The van der Waals surface area contributed by atoms with Crippen molar-refractivity contribution in [1.29, 1.82) is 0 Å². The Bertz CT molecular complexity index is 892. The van der Waals surface area contributed by atoms with Gasteiger partial charge < -0.3 is 10.2 Å². The number of nitro groups is 1. The smallest absolute Gasteiger partial charge is 0.273 e. The number of hydrogen-bond donors (Lipinski definition) is 1. The molecule has 0 saturated carbocycles. The average Bonchev–Trinajstić information content (AvgIpc) is 2.98.